The van der Waals surface area contributed by atoms with Crippen molar-refractivity contribution in [3.05, 3.63) is 42.1 Å². The summed E-state index contributed by atoms with van der Waals surface area (Å²) in [5, 5.41) is 7.14. The Kier molecular flexibility index (Phi) is 9.71. The van der Waals surface area contributed by atoms with E-state index in [1.165, 1.54) is 0 Å². The Morgan fingerprint density at radius 1 is 1.10 bits per heavy atom. The lowest BCUT2D eigenvalue weighted by atomic mass is 10.1. The molecule has 6 heteroatoms. The maximum absolute atomic E-state index is 12.1. The molecule has 0 aliphatic heterocycles. The molecule has 2 N–H and O–H groups in total. The molecule has 2 aromatic rings. The fourth-order valence-corrected chi connectivity index (χ4v) is 1.95. The van der Waals surface area contributed by atoms with Crippen LogP contribution < -0.4 is 10.6 Å². The first-order chi connectivity index (χ1) is 9.33. The Morgan fingerprint density at radius 3 is 2.62 bits per heavy atom. The van der Waals surface area contributed by atoms with Crippen LogP contribution in [-0.2, 0) is 0 Å². The van der Waals surface area contributed by atoms with E-state index in [-0.39, 0.29) is 30.7 Å². The van der Waals surface area contributed by atoms with Gasteiger partial charge in [0, 0.05) is 24.7 Å². The first kappa shape index (κ1) is 19.6. The molecule has 21 heavy (non-hydrogen) atoms. The molecule has 0 atom stereocenters. The number of carbonyl (C=O) groups is 1. The second-order valence-electron chi connectivity index (χ2n) is 4.39. The molecule has 0 aliphatic rings. The Morgan fingerprint density at radius 2 is 1.86 bits per heavy atom. The number of amides is 1. The largest absolute Gasteiger partial charge is 0.351 e. The second kappa shape index (κ2) is 10.4. The normalized spacial score (nSPS) is 9.57. The third-order valence-electron chi connectivity index (χ3n) is 2.89. The second-order valence-corrected chi connectivity index (χ2v) is 4.39. The molecule has 116 valence electrons. The number of carbonyl (C=O) groups excluding carboxylic acids is 1. The molecule has 0 spiro atoms. The van der Waals surface area contributed by atoms with Crippen LogP contribution in [0.1, 0.15) is 23.7 Å². The van der Waals surface area contributed by atoms with Gasteiger partial charge >= 0.3 is 0 Å². The van der Waals surface area contributed by atoms with Crippen molar-refractivity contribution < 1.29 is 4.79 Å². The fraction of sp³-hybridized carbons (Fsp3) is 0.333. The van der Waals surface area contributed by atoms with Crippen molar-refractivity contribution in [1.82, 2.24) is 15.6 Å². The number of halogens is 2. The Hall–Kier alpha value is -1.36. The Balaban J connectivity index is 0.00000200. The van der Waals surface area contributed by atoms with E-state index in [1.807, 2.05) is 30.3 Å². The quantitative estimate of drug-likeness (QED) is 0.801. The third-order valence-corrected chi connectivity index (χ3v) is 2.89. The molecule has 1 aromatic heterocycles. The van der Waals surface area contributed by atoms with E-state index in [4.69, 9.17) is 0 Å². The number of hydrogen-bond acceptors (Lipinski definition) is 3. The standard InChI is InChI=1S/C15H19N3O.2ClH/c1-2-8-16-10-11-18-15(19)13-7-3-5-12-6-4-9-17-14(12)13;;/h3-7,9,16H,2,8,10-11H2,1H3,(H,18,19);2*1H. The highest BCUT2D eigenvalue weighted by atomic mass is 35.5. The third kappa shape index (κ3) is 5.50. The van der Waals surface area contributed by atoms with Crippen molar-refractivity contribution in [3.63, 3.8) is 0 Å². The molecule has 0 saturated heterocycles. The minimum atomic E-state index is -0.0670. The van der Waals surface area contributed by atoms with Gasteiger partial charge in [-0.25, -0.2) is 0 Å². The monoisotopic (exact) mass is 329 g/mol. The molecule has 2 rings (SSSR count). The molecular formula is C15H21Cl2N3O. The van der Waals surface area contributed by atoms with Gasteiger partial charge in [0.2, 0.25) is 0 Å². The van der Waals surface area contributed by atoms with Crippen LogP contribution in [0.25, 0.3) is 10.9 Å². The topological polar surface area (TPSA) is 54.0 Å². The summed E-state index contributed by atoms with van der Waals surface area (Å²) in [6.07, 6.45) is 2.81. The summed E-state index contributed by atoms with van der Waals surface area (Å²) in [7, 11) is 0. The maximum Gasteiger partial charge on any atom is 0.253 e. The van der Waals surface area contributed by atoms with E-state index in [1.54, 1.807) is 6.20 Å². The molecule has 0 fully saturated rings. The highest BCUT2D eigenvalue weighted by Crippen LogP contribution is 2.15. The van der Waals surface area contributed by atoms with E-state index in [2.05, 4.69) is 22.5 Å². The van der Waals surface area contributed by atoms with Crippen molar-refractivity contribution >= 4 is 41.6 Å². The number of nitrogens with one attached hydrogen (secondary N) is 2. The zero-order valence-corrected chi connectivity index (χ0v) is 13.6. The highest BCUT2D eigenvalue weighted by Gasteiger charge is 2.09. The molecule has 1 amide bonds. The lowest BCUT2D eigenvalue weighted by Gasteiger charge is -2.08. The minimum Gasteiger partial charge on any atom is -0.351 e. The number of pyridine rings is 1. The summed E-state index contributed by atoms with van der Waals surface area (Å²) < 4.78 is 0. The first-order valence-electron chi connectivity index (χ1n) is 6.65. The van der Waals surface area contributed by atoms with Crippen LogP contribution >= 0.6 is 24.8 Å². The maximum atomic E-state index is 12.1. The van der Waals surface area contributed by atoms with Gasteiger partial charge < -0.3 is 10.6 Å². The van der Waals surface area contributed by atoms with Crippen molar-refractivity contribution in [2.24, 2.45) is 0 Å². The summed E-state index contributed by atoms with van der Waals surface area (Å²) >= 11 is 0. The highest BCUT2D eigenvalue weighted by molar-refractivity contribution is 6.05. The van der Waals surface area contributed by atoms with Gasteiger partial charge in [0.1, 0.15) is 0 Å². The minimum absolute atomic E-state index is 0. The summed E-state index contributed by atoms with van der Waals surface area (Å²) in [6, 6.07) is 9.49. The van der Waals surface area contributed by atoms with Crippen molar-refractivity contribution in [2.75, 3.05) is 19.6 Å². The van der Waals surface area contributed by atoms with E-state index in [0.717, 1.165) is 30.4 Å². The summed E-state index contributed by atoms with van der Waals surface area (Å²) in [6.45, 7) is 4.51. The van der Waals surface area contributed by atoms with Crippen LogP contribution in [-0.4, -0.2) is 30.5 Å². The molecule has 4 nitrogen and oxygen atoms in total. The average molecular weight is 330 g/mol. The smallest absolute Gasteiger partial charge is 0.253 e. The molecular weight excluding hydrogens is 309 g/mol. The Labute approximate surface area is 137 Å². The number of nitrogens with zero attached hydrogens (tertiary/aromatic N) is 1. The van der Waals surface area contributed by atoms with Crippen molar-refractivity contribution in [3.8, 4) is 0 Å². The number of benzene rings is 1. The number of fused-ring (bicyclic) bond motifs is 1. The first-order valence-corrected chi connectivity index (χ1v) is 6.65. The lowest BCUT2D eigenvalue weighted by molar-refractivity contribution is 0.0955. The molecule has 0 bridgehead atoms. The molecule has 0 saturated carbocycles. The van der Waals surface area contributed by atoms with Gasteiger partial charge in [-0.15, -0.1) is 24.8 Å². The van der Waals surface area contributed by atoms with Crippen LogP contribution in [0, 0.1) is 0 Å². The molecule has 0 aliphatic carbocycles. The van der Waals surface area contributed by atoms with E-state index in [0.29, 0.717) is 12.1 Å². The average Bonchev–Trinajstić information content (AvgIpc) is 2.46. The van der Waals surface area contributed by atoms with Crippen LogP contribution in [0.15, 0.2) is 36.5 Å². The molecule has 1 aromatic carbocycles. The Bertz CT molecular complexity index is 558. The van der Waals surface area contributed by atoms with Crippen molar-refractivity contribution in [2.45, 2.75) is 13.3 Å². The number of para-hydroxylation sites is 1. The van der Waals surface area contributed by atoms with Gasteiger partial charge in [-0.3, -0.25) is 9.78 Å². The van der Waals surface area contributed by atoms with E-state index >= 15 is 0 Å². The molecule has 0 radical (unpaired) electrons. The van der Waals surface area contributed by atoms with Crippen molar-refractivity contribution in [1.29, 1.82) is 0 Å². The zero-order chi connectivity index (χ0) is 13.5. The van der Waals surface area contributed by atoms with Gasteiger partial charge in [-0.1, -0.05) is 25.1 Å². The predicted octanol–water partition coefficient (Wildman–Crippen LogP) is 2.81. The molecule has 1 heterocycles. The zero-order valence-electron chi connectivity index (χ0n) is 12.0. The van der Waals surface area contributed by atoms with Crippen LogP contribution in [0.2, 0.25) is 0 Å². The van der Waals surface area contributed by atoms with E-state index in [9.17, 15) is 4.79 Å². The van der Waals surface area contributed by atoms with Gasteiger partial charge in [0.25, 0.3) is 5.91 Å². The van der Waals surface area contributed by atoms with E-state index < -0.39 is 0 Å². The number of aromatic nitrogens is 1. The van der Waals surface area contributed by atoms with Crippen LogP contribution in [0.4, 0.5) is 0 Å². The summed E-state index contributed by atoms with van der Waals surface area (Å²) in [5.74, 6) is -0.0670. The van der Waals surface area contributed by atoms with Crippen LogP contribution in [0.3, 0.4) is 0 Å². The predicted molar refractivity (Wildman–Crippen MR) is 91.7 cm³/mol. The van der Waals surface area contributed by atoms with Gasteiger partial charge in [0.05, 0.1) is 11.1 Å². The van der Waals surface area contributed by atoms with Gasteiger partial charge in [-0.05, 0) is 25.1 Å². The number of hydrogen-bond donors (Lipinski definition) is 2. The molecule has 0 unspecified atom stereocenters. The van der Waals surface area contributed by atoms with Crippen LogP contribution in [0.5, 0.6) is 0 Å². The SMILES string of the molecule is CCCNCCNC(=O)c1cccc2cccnc12.Cl.Cl. The van der Waals surface area contributed by atoms with Gasteiger partial charge in [-0.2, -0.15) is 0 Å². The lowest BCUT2D eigenvalue weighted by Crippen LogP contribution is -2.32. The number of rotatable bonds is 6. The summed E-state index contributed by atoms with van der Waals surface area (Å²) in [5.41, 5.74) is 1.39. The summed E-state index contributed by atoms with van der Waals surface area (Å²) in [4.78, 5) is 16.4. The van der Waals surface area contributed by atoms with Gasteiger partial charge in [0.15, 0.2) is 0 Å². The fourth-order valence-electron chi connectivity index (χ4n) is 1.95.